The number of methoxy groups -OCH3 is 1. The third-order valence-electron chi connectivity index (χ3n) is 3.15. The van der Waals surface area contributed by atoms with Gasteiger partial charge in [-0.25, -0.2) is 8.42 Å². The van der Waals surface area contributed by atoms with Crippen LogP contribution >= 0.6 is 15.9 Å². The maximum Gasteiger partial charge on any atom is 0.243 e. The van der Waals surface area contributed by atoms with E-state index in [4.69, 9.17) is 14.4 Å². The van der Waals surface area contributed by atoms with Gasteiger partial charge in [-0.15, -0.1) is 0 Å². The Hall–Kier alpha value is -1.82. The number of nitrogens with zero attached hydrogens (tertiary/aromatic N) is 2. The fraction of sp³-hybridized carbons (Fsp3) is 0.267. The Labute approximate surface area is 143 Å². The van der Waals surface area contributed by atoms with Gasteiger partial charge >= 0.3 is 0 Å². The minimum atomic E-state index is -3.76. The molecule has 0 aliphatic heterocycles. The summed E-state index contributed by atoms with van der Waals surface area (Å²) in [6.45, 7) is 0.157. The number of benzene rings is 1. The van der Waals surface area contributed by atoms with E-state index in [2.05, 4.69) is 15.9 Å². The van der Waals surface area contributed by atoms with Gasteiger partial charge in [0.15, 0.2) is 0 Å². The zero-order valence-electron chi connectivity index (χ0n) is 12.4. The summed E-state index contributed by atoms with van der Waals surface area (Å²) in [5, 5.41) is 8.77. The highest BCUT2D eigenvalue weighted by Crippen LogP contribution is 2.29. The Morgan fingerprint density at radius 3 is 2.74 bits per heavy atom. The van der Waals surface area contributed by atoms with Crippen molar-refractivity contribution in [2.24, 2.45) is 0 Å². The molecular weight excluding hydrogens is 384 g/mol. The monoisotopic (exact) mass is 398 g/mol. The molecule has 0 saturated carbocycles. The zero-order valence-corrected chi connectivity index (χ0v) is 14.8. The molecule has 0 unspecified atom stereocenters. The number of hydrogen-bond donors (Lipinski definition) is 0. The summed E-state index contributed by atoms with van der Waals surface area (Å²) in [6.07, 6.45) is 1.58. The molecule has 0 atom stereocenters. The lowest BCUT2D eigenvalue weighted by atomic mass is 10.3. The van der Waals surface area contributed by atoms with Crippen molar-refractivity contribution in [1.82, 2.24) is 4.31 Å². The largest absolute Gasteiger partial charge is 0.496 e. The van der Waals surface area contributed by atoms with Gasteiger partial charge in [0.2, 0.25) is 10.0 Å². The Kier molecular flexibility index (Phi) is 5.82. The van der Waals surface area contributed by atoms with Crippen molar-refractivity contribution in [3.63, 3.8) is 0 Å². The molecule has 0 N–H and O–H groups in total. The molecule has 1 aromatic heterocycles. The molecule has 122 valence electrons. The molecule has 0 radical (unpaired) electrons. The number of halogens is 1. The van der Waals surface area contributed by atoms with Gasteiger partial charge in [-0.3, -0.25) is 0 Å². The van der Waals surface area contributed by atoms with Gasteiger partial charge in [-0.05, 0) is 46.3 Å². The number of nitriles is 1. The van der Waals surface area contributed by atoms with Crippen LogP contribution in [-0.2, 0) is 16.6 Å². The van der Waals surface area contributed by atoms with Crippen molar-refractivity contribution in [2.75, 3.05) is 13.7 Å². The molecule has 23 heavy (non-hydrogen) atoms. The molecule has 2 rings (SSSR count). The average molecular weight is 399 g/mol. The summed E-state index contributed by atoms with van der Waals surface area (Å²) in [7, 11) is -2.26. The summed E-state index contributed by atoms with van der Waals surface area (Å²) in [5.74, 6) is 1.05. The number of hydrogen-bond acceptors (Lipinski definition) is 5. The van der Waals surface area contributed by atoms with E-state index < -0.39 is 10.0 Å². The first-order chi connectivity index (χ1) is 11.0. The summed E-state index contributed by atoms with van der Waals surface area (Å²) >= 11 is 3.28. The van der Waals surface area contributed by atoms with Crippen LogP contribution in [0.1, 0.15) is 12.2 Å². The van der Waals surface area contributed by atoms with Crippen molar-refractivity contribution in [3.8, 4) is 11.8 Å². The summed E-state index contributed by atoms with van der Waals surface area (Å²) < 4.78 is 37.8. The Morgan fingerprint density at radius 2 is 2.17 bits per heavy atom. The predicted octanol–water partition coefficient (Wildman–Crippen LogP) is 3.16. The molecular formula is C15H15BrN2O4S. The maximum atomic E-state index is 12.8. The van der Waals surface area contributed by atoms with E-state index in [1.54, 1.807) is 18.2 Å². The van der Waals surface area contributed by atoms with Crippen molar-refractivity contribution >= 4 is 26.0 Å². The highest BCUT2D eigenvalue weighted by molar-refractivity contribution is 9.10. The first kappa shape index (κ1) is 17.5. The van der Waals surface area contributed by atoms with Gasteiger partial charge in [0, 0.05) is 13.0 Å². The SMILES string of the molecule is COc1ccc(S(=O)(=O)N(CCC#N)Cc2ccco2)cc1Br. The number of sulfonamides is 1. The van der Waals surface area contributed by atoms with Crippen molar-refractivity contribution < 1.29 is 17.6 Å². The summed E-state index contributed by atoms with van der Waals surface area (Å²) in [6, 6.07) is 9.88. The van der Waals surface area contributed by atoms with Crippen LogP contribution in [0.5, 0.6) is 5.75 Å². The second-order valence-corrected chi connectivity index (χ2v) is 7.41. The normalized spacial score (nSPS) is 11.4. The van der Waals surface area contributed by atoms with Gasteiger partial charge in [0.1, 0.15) is 11.5 Å². The first-order valence-electron chi connectivity index (χ1n) is 6.72. The third kappa shape index (κ3) is 4.13. The number of furan rings is 1. The van der Waals surface area contributed by atoms with Crippen LogP contribution in [0.2, 0.25) is 0 Å². The van der Waals surface area contributed by atoms with E-state index in [0.29, 0.717) is 16.0 Å². The second kappa shape index (κ2) is 7.64. The van der Waals surface area contributed by atoms with Crippen LogP contribution in [0, 0.1) is 11.3 Å². The van der Waals surface area contributed by atoms with Crippen molar-refractivity contribution in [1.29, 1.82) is 5.26 Å². The van der Waals surface area contributed by atoms with Crippen LogP contribution in [0.25, 0.3) is 0 Å². The van der Waals surface area contributed by atoms with Gasteiger partial charge in [0.05, 0.1) is 35.4 Å². The Bertz CT molecular complexity index is 797. The smallest absolute Gasteiger partial charge is 0.243 e. The fourth-order valence-electron chi connectivity index (χ4n) is 1.99. The predicted molar refractivity (Wildman–Crippen MR) is 87.2 cm³/mol. The van der Waals surface area contributed by atoms with Crippen molar-refractivity contribution in [3.05, 3.63) is 46.8 Å². The van der Waals surface area contributed by atoms with Gasteiger partial charge < -0.3 is 9.15 Å². The molecule has 0 spiro atoms. The quantitative estimate of drug-likeness (QED) is 0.714. The summed E-state index contributed by atoms with van der Waals surface area (Å²) in [5.41, 5.74) is 0. The van der Waals surface area contributed by atoms with Gasteiger partial charge in [-0.1, -0.05) is 0 Å². The van der Waals surface area contributed by atoms with E-state index in [1.165, 1.54) is 29.8 Å². The van der Waals surface area contributed by atoms with E-state index in [1.807, 2.05) is 6.07 Å². The molecule has 2 aromatic rings. The highest BCUT2D eigenvalue weighted by atomic mass is 79.9. The lowest BCUT2D eigenvalue weighted by molar-refractivity contribution is 0.368. The molecule has 0 aliphatic carbocycles. The van der Waals surface area contributed by atoms with E-state index in [9.17, 15) is 8.42 Å². The standard InChI is InChI=1S/C15H15BrN2O4S/c1-21-15-6-5-13(10-14(15)16)23(19,20)18(8-3-7-17)11-12-4-2-9-22-12/h2,4-6,9-10H,3,8,11H2,1H3. The average Bonchev–Trinajstić information content (AvgIpc) is 3.04. The molecule has 1 heterocycles. The van der Waals surface area contributed by atoms with Crippen LogP contribution in [-0.4, -0.2) is 26.4 Å². The third-order valence-corrected chi connectivity index (χ3v) is 5.61. The van der Waals surface area contributed by atoms with Crippen LogP contribution in [0.4, 0.5) is 0 Å². The molecule has 8 heteroatoms. The topological polar surface area (TPSA) is 83.5 Å². The Morgan fingerprint density at radius 1 is 1.39 bits per heavy atom. The highest BCUT2D eigenvalue weighted by Gasteiger charge is 2.26. The molecule has 1 aromatic carbocycles. The van der Waals surface area contributed by atoms with Crippen LogP contribution < -0.4 is 4.74 Å². The molecule has 6 nitrogen and oxygen atoms in total. The fourth-order valence-corrected chi connectivity index (χ4v) is 4.12. The number of rotatable bonds is 7. The molecule has 0 bridgehead atoms. The van der Waals surface area contributed by atoms with Crippen molar-refractivity contribution in [2.45, 2.75) is 17.9 Å². The molecule has 0 amide bonds. The molecule has 0 aliphatic rings. The zero-order chi connectivity index (χ0) is 16.9. The lowest BCUT2D eigenvalue weighted by Crippen LogP contribution is -2.31. The van der Waals surface area contributed by atoms with Gasteiger partial charge in [-0.2, -0.15) is 9.57 Å². The van der Waals surface area contributed by atoms with Gasteiger partial charge in [0.25, 0.3) is 0 Å². The summed E-state index contributed by atoms with van der Waals surface area (Å²) in [4.78, 5) is 0.120. The minimum Gasteiger partial charge on any atom is -0.496 e. The van der Waals surface area contributed by atoms with Crippen LogP contribution in [0.3, 0.4) is 0 Å². The Balaban J connectivity index is 2.35. The molecule has 0 fully saturated rings. The number of ether oxygens (including phenoxy) is 1. The van der Waals surface area contributed by atoms with E-state index >= 15 is 0 Å². The lowest BCUT2D eigenvalue weighted by Gasteiger charge is -2.20. The van der Waals surface area contributed by atoms with E-state index in [-0.39, 0.29) is 24.4 Å². The first-order valence-corrected chi connectivity index (χ1v) is 8.95. The second-order valence-electron chi connectivity index (χ2n) is 4.62. The maximum absolute atomic E-state index is 12.8. The molecule has 0 saturated heterocycles. The van der Waals surface area contributed by atoms with E-state index in [0.717, 1.165) is 0 Å². The minimum absolute atomic E-state index is 0.0701. The van der Waals surface area contributed by atoms with Crippen LogP contribution in [0.15, 0.2) is 50.4 Å².